The van der Waals surface area contributed by atoms with E-state index in [2.05, 4.69) is 5.32 Å². The number of halogens is 3. The summed E-state index contributed by atoms with van der Waals surface area (Å²) < 4.78 is 47.5. The van der Waals surface area contributed by atoms with Crippen LogP contribution in [0.3, 0.4) is 0 Å². The fourth-order valence-electron chi connectivity index (χ4n) is 4.11. The Hall–Kier alpha value is -3.34. The number of ether oxygens (including phenoxy) is 1. The summed E-state index contributed by atoms with van der Waals surface area (Å²) in [6.07, 6.45) is 1.75. The molecular formula is C22H23F3N4O4. The minimum atomic E-state index is -1.21. The molecular weight excluding hydrogens is 441 g/mol. The molecule has 1 unspecified atom stereocenters. The van der Waals surface area contributed by atoms with E-state index in [1.807, 2.05) is 0 Å². The van der Waals surface area contributed by atoms with Gasteiger partial charge in [0.05, 0.1) is 28.3 Å². The van der Waals surface area contributed by atoms with E-state index in [1.165, 1.54) is 23.1 Å². The molecule has 2 aromatic rings. The third-order valence-corrected chi connectivity index (χ3v) is 5.89. The number of nitro benzene ring substituents is 1. The zero-order valence-corrected chi connectivity index (χ0v) is 17.7. The molecule has 11 heteroatoms. The van der Waals surface area contributed by atoms with Gasteiger partial charge in [0, 0.05) is 39.3 Å². The molecule has 4 rings (SSSR count). The second-order valence-corrected chi connectivity index (χ2v) is 7.97. The predicted octanol–water partition coefficient (Wildman–Crippen LogP) is 3.57. The van der Waals surface area contributed by atoms with E-state index in [0.29, 0.717) is 13.2 Å². The van der Waals surface area contributed by atoms with Gasteiger partial charge in [-0.1, -0.05) is 6.07 Å². The van der Waals surface area contributed by atoms with Gasteiger partial charge in [-0.2, -0.15) is 0 Å². The molecule has 2 fully saturated rings. The number of piperazine rings is 1. The van der Waals surface area contributed by atoms with Crippen LogP contribution in [0.1, 0.15) is 23.2 Å². The molecule has 1 amide bonds. The van der Waals surface area contributed by atoms with Gasteiger partial charge in [-0.25, -0.2) is 13.2 Å². The van der Waals surface area contributed by atoms with Gasteiger partial charge >= 0.3 is 0 Å². The lowest BCUT2D eigenvalue weighted by atomic mass is 10.1. The van der Waals surface area contributed by atoms with Crippen LogP contribution in [0, 0.1) is 27.6 Å². The maximum Gasteiger partial charge on any atom is 0.295 e. The first-order valence-electron chi connectivity index (χ1n) is 10.7. The number of hydrogen-bond acceptors (Lipinski definition) is 6. The topological polar surface area (TPSA) is 88.0 Å². The van der Waals surface area contributed by atoms with Gasteiger partial charge < -0.3 is 19.9 Å². The number of nitro groups is 1. The zero-order chi connectivity index (χ0) is 23.5. The average molecular weight is 464 g/mol. The second-order valence-electron chi connectivity index (χ2n) is 7.97. The summed E-state index contributed by atoms with van der Waals surface area (Å²) in [5.74, 6) is -3.71. The highest BCUT2D eigenvalue weighted by molar-refractivity contribution is 5.94. The summed E-state index contributed by atoms with van der Waals surface area (Å²) in [6, 6.07) is 5.68. The first-order chi connectivity index (χ1) is 15.8. The number of anilines is 2. The average Bonchev–Trinajstić information content (AvgIpc) is 3.33. The summed E-state index contributed by atoms with van der Waals surface area (Å²) in [5.41, 5.74) is -0.394. The van der Waals surface area contributed by atoms with Crippen molar-refractivity contribution < 1.29 is 27.6 Å². The Kier molecular flexibility index (Phi) is 6.68. The van der Waals surface area contributed by atoms with E-state index in [9.17, 15) is 28.1 Å². The summed E-state index contributed by atoms with van der Waals surface area (Å²) in [7, 11) is 0. The Morgan fingerprint density at radius 2 is 1.91 bits per heavy atom. The van der Waals surface area contributed by atoms with Crippen LogP contribution in [0.25, 0.3) is 0 Å². The first-order valence-corrected chi connectivity index (χ1v) is 10.7. The molecule has 2 saturated heterocycles. The van der Waals surface area contributed by atoms with E-state index in [4.69, 9.17) is 4.74 Å². The van der Waals surface area contributed by atoms with Gasteiger partial charge in [0.2, 0.25) is 0 Å². The van der Waals surface area contributed by atoms with Crippen molar-refractivity contribution in [1.29, 1.82) is 0 Å². The third-order valence-electron chi connectivity index (χ3n) is 5.89. The van der Waals surface area contributed by atoms with E-state index in [0.717, 1.165) is 25.0 Å². The molecule has 1 atom stereocenters. The Labute approximate surface area is 188 Å². The lowest BCUT2D eigenvalue weighted by Crippen LogP contribution is -2.49. The standard InChI is InChI=1S/C22H23F3N4O4/c23-16-5-1-4-15(21(16)25)22(30)28-8-6-27(7-9-28)19-12-18(17(24)11-20(19)29(31)32)26-13-14-3-2-10-33-14/h1,4-5,11-12,14,26H,2-3,6-10,13H2. The quantitative estimate of drug-likeness (QED) is 0.520. The molecule has 33 heavy (non-hydrogen) atoms. The first kappa shape index (κ1) is 22.8. The van der Waals surface area contributed by atoms with E-state index < -0.39 is 28.3 Å². The van der Waals surface area contributed by atoms with Gasteiger partial charge in [0.1, 0.15) is 5.69 Å². The van der Waals surface area contributed by atoms with E-state index in [1.54, 1.807) is 4.90 Å². The zero-order valence-electron chi connectivity index (χ0n) is 17.7. The van der Waals surface area contributed by atoms with Gasteiger partial charge in [0.15, 0.2) is 17.5 Å². The Bertz CT molecular complexity index is 1050. The highest BCUT2D eigenvalue weighted by Crippen LogP contribution is 2.34. The van der Waals surface area contributed by atoms with Crippen LogP contribution < -0.4 is 10.2 Å². The highest BCUT2D eigenvalue weighted by atomic mass is 19.2. The number of nitrogens with zero attached hydrogens (tertiary/aromatic N) is 3. The second kappa shape index (κ2) is 9.65. The number of carbonyl (C=O) groups is 1. The van der Waals surface area contributed by atoms with Crippen molar-refractivity contribution in [3.05, 3.63) is 63.5 Å². The Morgan fingerprint density at radius 3 is 2.58 bits per heavy atom. The lowest BCUT2D eigenvalue weighted by molar-refractivity contribution is -0.384. The summed E-state index contributed by atoms with van der Waals surface area (Å²) in [4.78, 5) is 26.6. The molecule has 8 nitrogen and oxygen atoms in total. The highest BCUT2D eigenvalue weighted by Gasteiger charge is 2.29. The Balaban J connectivity index is 1.49. The third kappa shape index (κ3) is 4.87. The van der Waals surface area contributed by atoms with Crippen molar-refractivity contribution in [1.82, 2.24) is 4.90 Å². The smallest absolute Gasteiger partial charge is 0.295 e. The lowest BCUT2D eigenvalue weighted by Gasteiger charge is -2.36. The molecule has 176 valence electrons. The van der Waals surface area contributed by atoms with Gasteiger partial charge in [-0.3, -0.25) is 14.9 Å². The number of rotatable bonds is 6. The molecule has 2 aliphatic heterocycles. The van der Waals surface area contributed by atoms with Crippen LogP contribution in [-0.2, 0) is 4.74 Å². The molecule has 2 aromatic carbocycles. The number of hydrogen-bond donors (Lipinski definition) is 1. The van der Waals surface area contributed by atoms with Crippen LogP contribution in [0.4, 0.5) is 30.2 Å². The summed E-state index contributed by atoms with van der Waals surface area (Å²) >= 11 is 0. The normalized spacial score (nSPS) is 18.5. The number of benzene rings is 2. The van der Waals surface area contributed by atoms with Crippen molar-refractivity contribution in [2.24, 2.45) is 0 Å². The minimum Gasteiger partial charge on any atom is -0.380 e. The molecule has 0 spiro atoms. The fraction of sp³-hybridized carbons (Fsp3) is 0.409. The van der Waals surface area contributed by atoms with Crippen LogP contribution in [0.5, 0.6) is 0 Å². The molecule has 0 aliphatic carbocycles. The van der Waals surface area contributed by atoms with Crippen molar-refractivity contribution in [3.8, 4) is 0 Å². The van der Waals surface area contributed by atoms with Crippen molar-refractivity contribution in [2.45, 2.75) is 18.9 Å². The SMILES string of the molecule is O=C(c1cccc(F)c1F)N1CCN(c2cc(NCC3CCCO3)c(F)cc2[N+](=O)[O-])CC1. The van der Waals surface area contributed by atoms with Crippen molar-refractivity contribution in [3.63, 3.8) is 0 Å². The number of amides is 1. The van der Waals surface area contributed by atoms with Crippen LogP contribution in [-0.4, -0.2) is 61.2 Å². The van der Waals surface area contributed by atoms with E-state index in [-0.39, 0.29) is 54.9 Å². The molecule has 0 saturated carbocycles. The van der Waals surface area contributed by atoms with E-state index >= 15 is 0 Å². The molecule has 0 aromatic heterocycles. The van der Waals surface area contributed by atoms with Crippen molar-refractivity contribution >= 4 is 23.0 Å². The molecule has 2 heterocycles. The van der Waals surface area contributed by atoms with Gasteiger partial charge in [-0.05, 0) is 31.0 Å². The van der Waals surface area contributed by atoms with Crippen LogP contribution in [0.15, 0.2) is 30.3 Å². The monoisotopic (exact) mass is 464 g/mol. The number of carbonyl (C=O) groups excluding carboxylic acids is 1. The molecule has 0 radical (unpaired) electrons. The number of nitrogens with one attached hydrogen (secondary N) is 1. The van der Waals surface area contributed by atoms with Crippen LogP contribution >= 0.6 is 0 Å². The molecule has 2 aliphatic rings. The summed E-state index contributed by atoms with van der Waals surface area (Å²) in [6.45, 7) is 1.74. The van der Waals surface area contributed by atoms with Gasteiger partial charge in [-0.15, -0.1) is 0 Å². The minimum absolute atomic E-state index is 0.0409. The predicted molar refractivity (Wildman–Crippen MR) is 115 cm³/mol. The van der Waals surface area contributed by atoms with Gasteiger partial charge in [0.25, 0.3) is 11.6 Å². The maximum absolute atomic E-state index is 14.5. The molecule has 1 N–H and O–H groups in total. The fourth-order valence-corrected chi connectivity index (χ4v) is 4.11. The summed E-state index contributed by atoms with van der Waals surface area (Å²) in [5, 5.41) is 14.5. The Morgan fingerprint density at radius 1 is 1.15 bits per heavy atom. The van der Waals surface area contributed by atoms with Crippen molar-refractivity contribution in [2.75, 3.05) is 49.5 Å². The maximum atomic E-state index is 14.5. The largest absolute Gasteiger partial charge is 0.380 e. The molecule has 0 bridgehead atoms. The van der Waals surface area contributed by atoms with Crippen LogP contribution in [0.2, 0.25) is 0 Å².